The van der Waals surface area contributed by atoms with Crippen molar-refractivity contribution in [2.24, 2.45) is 0 Å². The van der Waals surface area contributed by atoms with Crippen molar-refractivity contribution < 1.29 is 9.59 Å². The topological polar surface area (TPSA) is 86.2 Å². The summed E-state index contributed by atoms with van der Waals surface area (Å²) in [4.78, 5) is 21.1. The predicted molar refractivity (Wildman–Crippen MR) is 82.1 cm³/mol. The van der Waals surface area contributed by atoms with E-state index in [1.54, 1.807) is 24.3 Å². The summed E-state index contributed by atoms with van der Waals surface area (Å²) in [5.74, 6) is 0. The van der Waals surface area contributed by atoms with Crippen molar-refractivity contribution >= 4 is 45.1 Å². The summed E-state index contributed by atoms with van der Waals surface area (Å²) in [5, 5.41) is -1.10. The van der Waals surface area contributed by atoms with Gasteiger partial charge in [0, 0.05) is 22.5 Å². The Balaban J connectivity index is 0.000000217. The maximum Gasteiger partial charge on any atom is 0.252 e. The largest absolute Gasteiger partial charge is 0.399 e. The Morgan fingerprint density at radius 3 is 1.10 bits per heavy atom. The zero-order valence-corrected chi connectivity index (χ0v) is 11.9. The van der Waals surface area contributed by atoms with E-state index in [-0.39, 0.29) is 0 Å². The molecule has 104 valence electrons. The average Bonchev–Trinajstić information content (AvgIpc) is 2.43. The van der Waals surface area contributed by atoms with Crippen molar-refractivity contribution in [3.63, 3.8) is 0 Å². The van der Waals surface area contributed by atoms with E-state index in [1.807, 2.05) is 0 Å². The zero-order valence-electron chi connectivity index (χ0n) is 10.3. The van der Waals surface area contributed by atoms with Crippen LogP contribution in [-0.4, -0.2) is 10.5 Å². The maximum atomic E-state index is 10.6. The van der Waals surface area contributed by atoms with Crippen LogP contribution in [0.4, 0.5) is 11.4 Å². The molecule has 0 atom stereocenters. The minimum atomic E-state index is -0.552. The number of nitrogen functional groups attached to an aromatic ring is 2. The molecule has 0 saturated heterocycles. The minimum absolute atomic E-state index is 0.346. The Bertz CT molecular complexity index is 542. The lowest BCUT2D eigenvalue weighted by Gasteiger charge is -1.94. The molecule has 20 heavy (non-hydrogen) atoms. The molecule has 0 saturated carbocycles. The summed E-state index contributed by atoms with van der Waals surface area (Å²) >= 11 is 10.4. The molecule has 2 aromatic carbocycles. The standard InChI is InChI=1S/C8H4Cl2O2.C6H8N2/c9-7(11)5-1-2-6(4-3-5)8(10)12;7-5-1-2-6(8)4-3-5/h1-4H;1-4H,7-8H2. The normalized spacial score (nSPS) is 9.30. The molecule has 4 nitrogen and oxygen atoms in total. The van der Waals surface area contributed by atoms with Crippen molar-refractivity contribution in [2.45, 2.75) is 0 Å². The third-order valence-corrected chi connectivity index (χ3v) is 2.71. The van der Waals surface area contributed by atoms with E-state index >= 15 is 0 Å². The number of hydrogen-bond donors (Lipinski definition) is 2. The minimum Gasteiger partial charge on any atom is -0.399 e. The van der Waals surface area contributed by atoms with Crippen LogP contribution in [-0.2, 0) is 0 Å². The van der Waals surface area contributed by atoms with Gasteiger partial charge in [0.05, 0.1) is 0 Å². The van der Waals surface area contributed by atoms with Crippen LogP contribution in [0.3, 0.4) is 0 Å². The Morgan fingerprint density at radius 2 is 0.900 bits per heavy atom. The summed E-state index contributed by atoms with van der Waals surface area (Å²) in [7, 11) is 0. The molecule has 0 unspecified atom stereocenters. The summed E-state index contributed by atoms with van der Waals surface area (Å²) in [6, 6.07) is 12.9. The first-order valence-electron chi connectivity index (χ1n) is 5.51. The number of halogens is 2. The second-order valence-corrected chi connectivity index (χ2v) is 4.48. The maximum absolute atomic E-state index is 10.6. The van der Waals surface area contributed by atoms with E-state index in [0.29, 0.717) is 11.1 Å². The van der Waals surface area contributed by atoms with Gasteiger partial charge in [-0.05, 0) is 71.7 Å². The van der Waals surface area contributed by atoms with Gasteiger partial charge in [-0.3, -0.25) is 9.59 Å². The first-order chi connectivity index (χ1) is 9.40. The molecule has 2 rings (SSSR count). The molecule has 0 fully saturated rings. The van der Waals surface area contributed by atoms with Crippen LogP contribution < -0.4 is 11.5 Å². The fourth-order valence-corrected chi connectivity index (χ4v) is 1.48. The molecule has 4 N–H and O–H groups in total. The highest BCUT2D eigenvalue weighted by Crippen LogP contribution is 2.08. The molecule has 0 spiro atoms. The van der Waals surface area contributed by atoms with E-state index in [2.05, 4.69) is 0 Å². The molecular formula is C14H12Cl2N2O2. The van der Waals surface area contributed by atoms with Gasteiger partial charge in [-0.2, -0.15) is 0 Å². The van der Waals surface area contributed by atoms with Gasteiger partial charge in [-0.1, -0.05) is 0 Å². The van der Waals surface area contributed by atoms with Gasteiger partial charge in [0.1, 0.15) is 0 Å². The fraction of sp³-hybridized carbons (Fsp3) is 0. The van der Waals surface area contributed by atoms with E-state index in [4.69, 9.17) is 34.7 Å². The van der Waals surface area contributed by atoms with E-state index in [0.717, 1.165) is 11.4 Å². The van der Waals surface area contributed by atoms with Crippen molar-refractivity contribution in [1.82, 2.24) is 0 Å². The van der Waals surface area contributed by atoms with E-state index < -0.39 is 10.5 Å². The van der Waals surface area contributed by atoms with Crippen LogP contribution in [0.2, 0.25) is 0 Å². The lowest BCUT2D eigenvalue weighted by atomic mass is 10.2. The molecular weight excluding hydrogens is 299 g/mol. The number of carbonyl (C=O) groups is 2. The van der Waals surface area contributed by atoms with Crippen LogP contribution in [0.1, 0.15) is 20.7 Å². The molecule has 0 aliphatic heterocycles. The van der Waals surface area contributed by atoms with Crippen LogP contribution in [0, 0.1) is 0 Å². The summed E-state index contributed by atoms with van der Waals surface area (Å²) in [6.07, 6.45) is 0. The molecule has 2 aromatic rings. The lowest BCUT2D eigenvalue weighted by molar-refractivity contribution is 0.107. The molecule has 0 amide bonds. The van der Waals surface area contributed by atoms with Gasteiger partial charge >= 0.3 is 0 Å². The summed E-state index contributed by atoms with van der Waals surface area (Å²) in [6.45, 7) is 0. The smallest absolute Gasteiger partial charge is 0.252 e. The number of hydrogen-bond acceptors (Lipinski definition) is 4. The first-order valence-corrected chi connectivity index (χ1v) is 6.26. The molecule has 0 aliphatic rings. The number of anilines is 2. The lowest BCUT2D eigenvalue weighted by Crippen LogP contribution is -1.92. The van der Waals surface area contributed by atoms with Gasteiger partial charge in [-0.25, -0.2) is 0 Å². The van der Waals surface area contributed by atoms with Gasteiger partial charge in [0.2, 0.25) is 0 Å². The van der Waals surface area contributed by atoms with E-state index in [9.17, 15) is 9.59 Å². The first kappa shape index (κ1) is 16.0. The number of benzene rings is 2. The van der Waals surface area contributed by atoms with Crippen LogP contribution in [0.15, 0.2) is 48.5 Å². The van der Waals surface area contributed by atoms with Gasteiger partial charge in [-0.15, -0.1) is 0 Å². The third kappa shape index (κ3) is 5.30. The van der Waals surface area contributed by atoms with Crippen molar-refractivity contribution in [2.75, 3.05) is 11.5 Å². The average molecular weight is 311 g/mol. The SMILES string of the molecule is Nc1ccc(N)cc1.O=C(Cl)c1ccc(C(=O)Cl)cc1. The Labute approximate surface area is 126 Å². The predicted octanol–water partition coefficient (Wildman–Crippen LogP) is 3.30. The van der Waals surface area contributed by atoms with Crippen LogP contribution in [0.25, 0.3) is 0 Å². The fourth-order valence-electron chi connectivity index (χ4n) is 1.23. The molecule has 0 bridgehead atoms. The van der Waals surface area contributed by atoms with Gasteiger partial charge in [0.15, 0.2) is 0 Å². The second kappa shape index (κ2) is 7.53. The third-order valence-electron chi connectivity index (χ3n) is 2.28. The molecule has 0 aromatic heterocycles. The quantitative estimate of drug-likeness (QED) is 0.658. The molecule has 0 aliphatic carbocycles. The summed E-state index contributed by atoms with van der Waals surface area (Å²) < 4.78 is 0. The van der Waals surface area contributed by atoms with Crippen LogP contribution >= 0.6 is 23.2 Å². The Morgan fingerprint density at radius 1 is 0.650 bits per heavy atom. The van der Waals surface area contributed by atoms with Crippen LogP contribution in [0.5, 0.6) is 0 Å². The summed E-state index contributed by atoms with van der Waals surface area (Å²) in [5.41, 5.74) is 12.9. The van der Waals surface area contributed by atoms with E-state index in [1.165, 1.54) is 24.3 Å². The van der Waals surface area contributed by atoms with Crippen molar-refractivity contribution in [3.05, 3.63) is 59.7 Å². The van der Waals surface area contributed by atoms with Gasteiger partial charge in [0.25, 0.3) is 10.5 Å². The van der Waals surface area contributed by atoms with Gasteiger partial charge < -0.3 is 11.5 Å². The molecule has 6 heteroatoms. The van der Waals surface area contributed by atoms with Crippen molar-refractivity contribution in [3.8, 4) is 0 Å². The Hall–Kier alpha value is -2.04. The second-order valence-electron chi connectivity index (χ2n) is 3.79. The number of nitrogens with two attached hydrogens (primary N) is 2. The highest BCUT2D eigenvalue weighted by atomic mass is 35.5. The number of rotatable bonds is 2. The van der Waals surface area contributed by atoms with Crippen molar-refractivity contribution in [1.29, 1.82) is 0 Å². The highest BCUT2D eigenvalue weighted by molar-refractivity contribution is 6.68. The highest BCUT2D eigenvalue weighted by Gasteiger charge is 2.03. The monoisotopic (exact) mass is 310 g/mol. The Kier molecular flexibility index (Phi) is 6.03. The molecule has 0 heterocycles. The zero-order chi connectivity index (χ0) is 15.1. The molecule has 0 radical (unpaired) electrons. The number of carbonyl (C=O) groups excluding carboxylic acids is 2.